The van der Waals surface area contributed by atoms with E-state index in [-0.39, 0.29) is 29.8 Å². The highest BCUT2D eigenvalue weighted by Gasteiger charge is 2.53. The van der Waals surface area contributed by atoms with Crippen LogP contribution in [0, 0.1) is 11.3 Å². The van der Waals surface area contributed by atoms with E-state index in [0.717, 1.165) is 29.9 Å². The average molecular weight is 401 g/mol. The molecule has 0 aromatic carbocycles. The molecule has 2 heterocycles. The molecule has 2 aliphatic rings. The molecule has 2 fully saturated rings. The standard InChI is InChI=1S/C22H32N4O3/c1-5-21(3,4)16-9-11-22(12-10-16)19(28)26(20(29)25-22)14-18(27)24-15(2)17-8-6-7-13-23-17/h6-8,13,15-16H,5,9-12,14H2,1-4H3,(H,24,27)(H,25,29). The highest BCUT2D eigenvalue weighted by Crippen LogP contribution is 2.45. The second-order valence-electron chi connectivity index (χ2n) is 9.06. The van der Waals surface area contributed by atoms with Gasteiger partial charge in [0.25, 0.3) is 5.91 Å². The van der Waals surface area contributed by atoms with Crippen molar-refractivity contribution in [3.63, 3.8) is 0 Å². The maximum absolute atomic E-state index is 13.1. The Labute approximate surface area is 172 Å². The lowest BCUT2D eigenvalue weighted by atomic mass is 9.65. The smallest absolute Gasteiger partial charge is 0.325 e. The SMILES string of the molecule is CCC(C)(C)C1CCC2(CC1)NC(=O)N(CC(=O)NC(C)c1ccccn1)C2=O. The molecule has 7 heteroatoms. The average Bonchev–Trinajstić information content (AvgIpc) is 2.93. The van der Waals surface area contributed by atoms with Crippen molar-refractivity contribution < 1.29 is 14.4 Å². The van der Waals surface area contributed by atoms with Gasteiger partial charge in [-0.15, -0.1) is 0 Å². The molecule has 29 heavy (non-hydrogen) atoms. The minimum Gasteiger partial charge on any atom is -0.346 e. The van der Waals surface area contributed by atoms with Gasteiger partial charge in [0.05, 0.1) is 11.7 Å². The molecule has 1 saturated carbocycles. The maximum Gasteiger partial charge on any atom is 0.325 e. The van der Waals surface area contributed by atoms with Crippen LogP contribution < -0.4 is 10.6 Å². The number of nitrogens with one attached hydrogen (secondary N) is 2. The van der Waals surface area contributed by atoms with Crippen molar-refractivity contribution in [1.29, 1.82) is 0 Å². The third kappa shape index (κ3) is 4.28. The number of rotatable bonds is 6. The highest BCUT2D eigenvalue weighted by molar-refractivity contribution is 6.09. The summed E-state index contributed by atoms with van der Waals surface area (Å²) in [5.74, 6) is -0.0974. The van der Waals surface area contributed by atoms with Crippen LogP contribution in [-0.4, -0.2) is 39.8 Å². The van der Waals surface area contributed by atoms with Crippen molar-refractivity contribution in [2.45, 2.75) is 71.4 Å². The highest BCUT2D eigenvalue weighted by atomic mass is 16.2. The summed E-state index contributed by atoms with van der Waals surface area (Å²) >= 11 is 0. The van der Waals surface area contributed by atoms with Crippen LogP contribution in [0.5, 0.6) is 0 Å². The van der Waals surface area contributed by atoms with E-state index in [2.05, 4.69) is 36.4 Å². The predicted molar refractivity (Wildman–Crippen MR) is 110 cm³/mol. The van der Waals surface area contributed by atoms with E-state index >= 15 is 0 Å². The topological polar surface area (TPSA) is 91.4 Å². The van der Waals surface area contributed by atoms with E-state index in [0.29, 0.717) is 18.8 Å². The molecule has 1 saturated heterocycles. The Morgan fingerprint density at radius 1 is 1.34 bits per heavy atom. The lowest BCUT2D eigenvalue weighted by Gasteiger charge is -2.42. The molecule has 1 spiro atoms. The van der Waals surface area contributed by atoms with Gasteiger partial charge in [-0.3, -0.25) is 19.5 Å². The fourth-order valence-corrected chi connectivity index (χ4v) is 4.48. The molecule has 1 atom stereocenters. The predicted octanol–water partition coefficient (Wildman–Crippen LogP) is 3.18. The first-order valence-corrected chi connectivity index (χ1v) is 10.5. The second kappa shape index (κ2) is 8.13. The molecular formula is C22H32N4O3. The Morgan fingerprint density at radius 2 is 2.03 bits per heavy atom. The Balaban J connectivity index is 1.60. The number of nitrogens with zero attached hydrogens (tertiary/aromatic N) is 2. The first kappa shape index (κ1) is 21.3. The van der Waals surface area contributed by atoms with Gasteiger partial charge in [-0.2, -0.15) is 0 Å². The fourth-order valence-electron chi connectivity index (χ4n) is 4.48. The van der Waals surface area contributed by atoms with E-state index in [1.54, 1.807) is 12.3 Å². The van der Waals surface area contributed by atoms with Crippen molar-refractivity contribution in [2.75, 3.05) is 6.54 Å². The van der Waals surface area contributed by atoms with Gasteiger partial charge in [-0.1, -0.05) is 33.3 Å². The number of carbonyl (C=O) groups excluding carboxylic acids is 3. The number of urea groups is 1. The molecule has 7 nitrogen and oxygen atoms in total. The van der Waals surface area contributed by atoms with Crippen molar-refractivity contribution in [3.05, 3.63) is 30.1 Å². The van der Waals surface area contributed by atoms with Crippen LogP contribution in [0.1, 0.15) is 71.5 Å². The van der Waals surface area contributed by atoms with E-state index in [4.69, 9.17) is 0 Å². The van der Waals surface area contributed by atoms with Crippen molar-refractivity contribution in [3.8, 4) is 0 Å². The molecule has 0 radical (unpaired) electrons. The van der Waals surface area contributed by atoms with Crippen LogP contribution in [0.4, 0.5) is 4.79 Å². The minimum absolute atomic E-state index is 0.231. The number of imide groups is 1. The van der Waals surface area contributed by atoms with Crippen LogP contribution >= 0.6 is 0 Å². The van der Waals surface area contributed by atoms with E-state index in [1.807, 2.05) is 19.1 Å². The Kier molecular flexibility index (Phi) is 5.96. The third-order valence-electron chi connectivity index (χ3n) is 6.91. The summed E-state index contributed by atoms with van der Waals surface area (Å²) < 4.78 is 0. The summed E-state index contributed by atoms with van der Waals surface area (Å²) in [5, 5.41) is 5.71. The monoisotopic (exact) mass is 400 g/mol. The summed E-state index contributed by atoms with van der Waals surface area (Å²) in [7, 11) is 0. The molecular weight excluding hydrogens is 368 g/mol. The van der Waals surface area contributed by atoms with Crippen molar-refractivity contribution in [2.24, 2.45) is 11.3 Å². The molecule has 1 aliphatic carbocycles. The summed E-state index contributed by atoms with van der Waals surface area (Å²) in [6, 6.07) is 4.71. The number of hydrogen-bond donors (Lipinski definition) is 2. The van der Waals surface area contributed by atoms with Crippen LogP contribution in [0.3, 0.4) is 0 Å². The van der Waals surface area contributed by atoms with Crippen LogP contribution in [-0.2, 0) is 9.59 Å². The van der Waals surface area contributed by atoms with Crippen LogP contribution in [0.2, 0.25) is 0 Å². The molecule has 158 valence electrons. The van der Waals surface area contributed by atoms with Gasteiger partial charge < -0.3 is 10.6 Å². The van der Waals surface area contributed by atoms with E-state index in [1.165, 1.54) is 0 Å². The molecule has 1 aromatic rings. The summed E-state index contributed by atoms with van der Waals surface area (Å²) in [5.41, 5.74) is 0.116. The molecule has 1 unspecified atom stereocenters. The zero-order valence-electron chi connectivity index (χ0n) is 17.8. The normalized spacial score (nSPS) is 25.8. The molecule has 0 bridgehead atoms. The number of aromatic nitrogens is 1. The van der Waals surface area contributed by atoms with Gasteiger partial charge in [0.2, 0.25) is 5.91 Å². The van der Waals surface area contributed by atoms with Crippen molar-refractivity contribution in [1.82, 2.24) is 20.5 Å². The number of hydrogen-bond acceptors (Lipinski definition) is 4. The molecule has 1 aliphatic heterocycles. The number of amides is 4. The number of carbonyl (C=O) groups is 3. The summed E-state index contributed by atoms with van der Waals surface area (Å²) in [4.78, 5) is 43.3. The maximum atomic E-state index is 13.1. The quantitative estimate of drug-likeness (QED) is 0.718. The van der Waals surface area contributed by atoms with Crippen LogP contribution in [0.15, 0.2) is 24.4 Å². The molecule has 4 amide bonds. The Hall–Kier alpha value is -2.44. The zero-order valence-corrected chi connectivity index (χ0v) is 17.8. The summed E-state index contributed by atoms with van der Waals surface area (Å²) in [6.07, 6.45) is 5.83. The van der Waals surface area contributed by atoms with Gasteiger partial charge in [0.15, 0.2) is 0 Å². The third-order valence-corrected chi connectivity index (χ3v) is 6.91. The van der Waals surface area contributed by atoms with Gasteiger partial charge in [0, 0.05) is 6.20 Å². The molecule has 1 aromatic heterocycles. The molecule has 3 rings (SSSR count). The zero-order chi connectivity index (χ0) is 21.2. The Bertz CT molecular complexity index is 770. The van der Waals surface area contributed by atoms with E-state index in [9.17, 15) is 14.4 Å². The van der Waals surface area contributed by atoms with Crippen molar-refractivity contribution >= 4 is 17.8 Å². The summed E-state index contributed by atoms with van der Waals surface area (Å²) in [6.45, 7) is 8.28. The first-order valence-electron chi connectivity index (χ1n) is 10.5. The Morgan fingerprint density at radius 3 is 2.62 bits per heavy atom. The van der Waals surface area contributed by atoms with Crippen LogP contribution in [0.25, 0.3) is 0 Å². The lowest BCUT2D eigenvalue weighted by molar-refractivity contribution is -0.136. The lowest BCUT2D eigenvalue weighted by Crippen LogP contribution is -2.51. The van der Waals surface area contributed by atoms with E-state index < -0.39 is 11.6 Å². The van der Waals surface area contributed by atoms with Gasteiger partial charge in [0.1, 0.15) is 12.1 Å². The second-order valence-corrected chi connectivity index (χ2v) is 9.06. The first-order chi connectivity index (χ1) is 13.7. The number of pyridine rings is 1. The minimum atomic E-state index is -0.843. The van der Waals surface area contributed by atoms with Gasteiger partial charge in [-0.25, -0.2) is 4.79 Å². The van der Waals surface area contributed by atoms with Gasteiger partial charge >= 0.3 is 6.03 Å². The fraction of sp³-hybridized carbons (Fsp3) is 0.636. The molecule has 2 N–H and O–H groups in total. The largest absolute Gasteiger partial charge is 0.346 e. The van der Waals surface area contributed by atoms with Gasteiger partial charge in [-0.05, 0) is 56.1 Å².